The van der Waals surface area contributed by atoms with E-state index >= 15 is 0 Å². The topological polar surface area (TPSA) is 62.5 Å². The molecule has 0 N–H and O–H groups in total. The number of likely N-dealkylation sites (N-methyl/N-ethyl adjacent to an activating group) is 1. The number of carbonyl (C=O) groups is 1. The highest BCUT2D eigenvalue weighted by atomic mass is 16.3. The minimum atomic E-state index is 0.0907. The van der Waals surface area contributed by atoms with Gasteiger partial charge in [0.05, 0.1) is 25.0 Å². The summed E-state index contributed by atoms with van der Waals surface area (Å²) in [6.07, 6.45) is 4.46. The van der Waals surface area contributed by atoms with Crippen LogP contribution in [0.4, 0.5) is 0 Å². The lowest BCUT2D eigenvalue weighted by Crippen LogP contribution is -2.40. The van der Waals surface area contributed by atoms with E-state index in [0.717, 1.165) is 30.2 Å². The Morgan fingerprint density at radius 3 is 3.00 bits per heavy atom. The fourth-order valence-corrected chi connectivity index (χ4v) is 2.82. The zero-order chi connectivity index (χ0) is 17.1. The summed E-state index contributed by atoms with van der Waals surface area (Å²) in [6.45, 7) is 6.65. The summed E-state index contributed by atoms with van der Waals surface area (Å²) >= 11 is 0. The van der Waals surface area contributed by atoms with E-state index in [9.17, 15) is 4.79 Å². The molecule has 0 bridgehead atoms. The Hall–Kier alpha value is -2.21. The maximum atomic E-state index is 12.4. The molecule has 1 amide bonds. The number of fused-ring (bicyclic) bond motifs is 1. The molecule has 3 heterocycles. The van der Waals surface area contributed by atoms with Crippen molar-refractivity contribution in [2.24, 2.45) is 0 Å². The smallest absolute Gasteiger partial charge is 0.236 e. The quantitative estimate of drug-likeness (QED) is 0.842. The van der Waals surface area contributed by atoms with Crippen molar-refractivity contribution in [1.82, 2.24) is 19.8 Å². The number of amides is 1. The molecule has 0 atom stereocenters. The number of rotatable bonds is 5. The summed E-state index contributed by atoms with van der Waals surface area (Å²) in [5.74, 6) is 2.07. The van der Waals surface area contributed by atoms with Gasteiger partial charge in [-0.2, -0.15) is 0 Å². The van der Waals surface area contributed by atoms with Crippen LogP contribution in [0, 0.1) is 0 Å². The van der Waals surface area contributed by atoms with Crippen LogP contribution < -0.4 is 0 Å². The van der Waals surface area contributed by atoms with E-state index in [4.69, 9.17) is 4.42 Å². The van der Waals surface area contributed by atoms with Crippen LogP contribution in [-0.2, 0) is 24.3 Å². The Labute approximate surface area is 142 Å². The molecule has 24 heavy (non-hydrogen) atoms. The molecule has 0 saturated heterocycles. The number of hydrogen-bond acceptors (Lipinski definition) is 5. The van der Waals surface area contributed by atoms with E-state index in [0.29, 0.717) is 25.6 Å². The number of nitrogens with zero attached hydrogens (tertiary/aromatic N) is 4. The molecule has 6 nitrogen and oxygen atoms in total. The fourth-order valence-electron chi connectivity index (χ4n) is 2.82. The summed E-state index contributed by atoms with van der Waals surface area (Å²) in [4.78, 5) is 25.4. The molecule has 6 heteroatoms. The zero-order valence-electron chi connectivity index (χ0n) is 14.5. The minimum absolute atomic E-state index is 0.0907. The van der Waals surface area contributed by atoms with Crippen LogP contribution in [0.25, 0.3) is 0 Å². The Balaban J connectivity index is 1.60. The first-order valence-corrected chi connectivity index (χ1v) is 8.36. The number of carbonyl (C=O) groups excluding carboxylic acids is 1. The van der Waals surface area contributed by atoms with Crippen molar-refractivity contribution in [3.63, 3.8) is 0 Å². The van der Waals surface area contributed by atoms with Crippen molar-refractivity contribution in [1.29, 1.82) is 0 Å². The summed E-state index contributed by atoms with van der Waals surface area (Å²) in [5.41, 5.74) is 2.26. The second kappa shape index (κ2) is 7.13. The Kier molecular flexibility index (Phi) is 4.94. The van der Waals surface area contributed by atoms with Crippen LogP contribution in [-0.4, -0.2) is 45.8 Å². The standard InChI is InChI=1S/C18H24N4O2/c1-13(2)18-19-9-14-6-7-22(11-16(14)20-18)12-17(23)21(3)10-15-5-4-8-24-15/h4-5,8-9,13H,6-7,10-12H2,1-3H3. The molecular formula is C18H24N4O2. The lowest BCUT2D eigenvalue weighted by Gasteiger charge is -2.29. The maximum absolute atomic E-state index is 12.4. The lowest BCUT2D eigenvalue weighted by atomic mass is 10.1. The Bertz CT molecular complexity index is 697. The molecule has 0 spiro atoms. The first-order valence-electron chi connectivity index (χ1n) is 8.36. The average Bonchev–Trinajstić information content (AvgIpc) is 3.07. The molecule has 3 rings (SSSR count). The van der Waals surface area contributed by atoms with Gasteiger partial charge in [0.1, 0.15) is 11.6 Å². The van der Waals surface area contributed by atoms with Crippen molar-refractivity contribution < 1.29 is 9.21 Å². The van der Waals surface area contributed by atoms with E-state index in [-0.39, 0.29) is 5.91 Å². The summed E-state index contributed by atoms with van der Waals surface area (Å²) in [7, 11) is 1.81. The molecule has 0 fully saturated rings. The molecule has 1 aliphatic heterocycles. The minimum Gasteiger partial charge on any atom is -0.467 e. The van der Waals surface area contributed by atoms with E-state index < -0.39 is 0 Å². The Morgan fingerprint density at radius 1 is 1.46 bits per heavy atom. The van der Waals surface area contributed by atoms with Crippen LogP contribution >= 0.6 is 0 Å². The van der Waals surface area contributed by atoms with Crippen LogP contribution in [0.15, 0.2) is 29.0 Å². The molecule has 0 unspecified atom stereocenters. The largest absolute Gasteiger partial charge is 0.467 e. The van der Waals surface area contributed by atoms with Gasteiger partial charge in [0.25, 0.3) is 0 Å². The third-order valence-corrected chi connectivity index (χ3v) is 4.32. The molecule has 1 aliphatic rings. The highest BCUT2D eigenvalue weighted by Gasteiger charge is 2.22. The number of furan rings is 1. The summed E-state index contributed by atoms with van der Waals surface area (Å²) < 4.78 is 5.30. The van der Waals surface area contributed by atoms with E-state index in [1.54, 1.807) is 11.2 Å². The second-order valence-electron chi connectivity index (χ2n) is 6.64. The normalized spacial score (nSPS) is 14.7. The molecule has 0 radical (unpaired) electrons. The predicted octanol–water partition coefficient (Wildman–Crippen LogP) is 2.21. The van der Waals surface area contributed by atoms with Gasteiger partial charge in [0.15, 0.2) is 0 Å². The average molecular weight is 328 g/mol. The van der Waals surface area contributed by atoms with E-state index in [1.165, 1.54) is 5.56 Å². The molecule has 2 aromatic heterocycles. The van der Waals surface area contributed by atoms with Crippen molar-refractivity contribution in [3.05, 3.63) is 47.4 Å². The summed E-state index contributed by atoms with van der Waals surface area (Å²) in [6, 6.07) is 3.71. The highest BCUT2D eigenvalue weighted by Crippen LogP contribution is 2.19. The van der Waals surface area contributed by atoms with Crippen molar-refractivity contribution in [2.45, 2.75) is 39.3 Å². The summed E-state index contributed by atoms with van der Waals surface area (Å²) in [5, 5.41) is 0. The molecule has 0 saturated carbocycles. The van der Waals surface area contributed by atoms with Crippen molar-refractivity contribution >= 4 is 5.91 Å². The monoisotopic (exact) mass is 328 g/mol. The van der Waals surface area contributed by atoms with Gasteiger partial charge in [0, 0.05) is 32.3 Å². The van der Waals surface area contributed by atoms with Gasteiger partial charge in [-0.25, -0.2) is 9.97 Å². The maximum Gasteiger partial charge on any atom is 0.236 e. The molecule has 2 aromatic rings. The molecular weight excluding hydrogens is 304 g/mol. The van der Waals surface area contributed by atoms with E-state index in [1.807, 2.05) is 25.4 Å². The predicted molar refractivity (Wildman–Crippen MR) is 90.3 cm³/mol. The molecule has 128 valence electrons. The zero-order valence-corrected chi connectivity index (χ0v) is 14.5. The molecule has 0 aliphatic carbocycles. The third kappa shape index (κ3) is 3.82. The SMILES string of the molecule is CC(C)c1ncc2c(n1)CN(CC(=O)N(C)Cc1ccco1)CC2. The number of aromatic nitrogens is 2. The van der Waals surface area contributed by atoms with Gasteiger partial charge in [-0.3, -0.25) is 9.69 Å². The van der Waals surface area contributed by atoms with Gasteiger partial charge >= 0.3 is 0 Å². The Morgan fingerprint density at radius 2 is 2.29 bits per heavy atom. The van der Waals surface area contributed by atoms with Gasteiger partial charge in [0.2, 0.25) is 5.91 Å². The van der Waals surface area contributed by atoms with Gasteiger partial charge in [-0.1, -0.05) is 13.8 Å². The van der Waals surface area contributed by atoms with Crippen LogP contribution in [0.1, 0.15) is 42.6 Å². The van der Waals surface area contributed by atoms with Gasteiger partial charge in [-0.15, -0.1) is 0 Å². The number of hydrogen-bond donors (Lipinski definition) is 0. The fraction of sp³-hybridized carbons (Fsp3) is 0.500. The first kappa shape index (κ1) is 16.6. The van der Waals surface area contributed by atoms with Crippen molar-refractivity contribution in [2.75, 3.05) is 20.1 Å². The molecule has 0 aromatic carbocycles. The third-order valence-electron chi connectivity index (χ3n) is 4.32. The lowest BCUT2D eigenvalue weighted by molar-refractivity contribution is -0.132. The van der Waals surface area contributed by atoms with Crippen molar-refractivity contribution in [3.8, 4) is 0 Å². The van der Waals surface area contributed by atoms with Crippen LogP contribution in [0.2, 0.25) is 0 Å². The highest BCUT2D eigenvalue weighted by molar-refractivity contribution is 5.78. The first-order chi connectivity index (χ1) is 11.5. The van der Waals surface area contributed by atoms with E-state index in [2.05, 4.69) is 28.7 Å². The second-order valence-corrected chi connectivity index (χ2v) is 6.64. The van der Waals surface area contributed by atoms with Crippen LogP contribution in [0.5, 0.6) is 0 Å². The van der Waals surface area contributed by atoms with Gasteiger partial charge < -0.3 is 9.32 Å². The van der Waals surface area contributed by atoms with Gasteiger partial charge in [-0.05, 0) is 24.1 Å². The van der Waals surface area contributed by atoms with Crippen LogP contribution in [0.3, 0.4) is 0 Å².